The van der Waals surface area contributed by atoms with Crippen molar-refractivity contribution in [3.63, 3.8) is 0 Å². The Balaban J connectivity index is 1.53. The van der Waals surface area contributed by atoms with Crippen molar-refractivity contribution < 1.29 is 18.7 Å². The van der Waals surface area contributed by atoms with Crippen molar-refractivity contribution in [1.29, 1.82) is 0 Å². The molecule has 0 unspecified atom stereocenters. The second-order valence-corrected chi connectivity index (χ2v) is 6.41. The molecule has 3 rings (SSSR count). The number of amides is 1. The van der Waals surface area contributed by atoms with E-state index in [9.17, 15) is 9.59 Å². The number of carbonyl (C=O) groups is 2. The van der Waals surface area contributed by atoms with Crippen LogP contribution in [0.5, 0.6) is 0 Å². The van der Waals surface area contributed by atoms with Crippen LogP contribution in [0.15, 0.2) is 47.1 Å². The second kappa shape index (κ2) is 6.69. The van der Waals surface area contributed by atoms with Gasteiger partial charge in [-0.15, -0.1) is 0 Å². The van der Waals surface area contributed by atoms with Gasteiger partial charge in [-0.25, -0.2) is 0 Å². The van der Waals surface area contributed by atoms with Crippen LogP contribution in [-0.2, 0) is 19.7 Å². The number of hydrogen-bond donors (Lipinski definition) is 1. The number of carbonyl (C=O) groups excluding carboxylic acids is 2. The highest BCUT2D eigenvalue weighted by Crippen LogP contribution is 2.49. The molecule has 1 aliphatic carbocycles. The SMILES string of the molecule is C[C@@H](NC(=O)COC(=O)C1(c2ccc(Cl)cc2)CC1)c1ccco1. The first-order chi connectivity index (χ1) is 11.5. The van der Waals surface area contributed by atoms with Crippen LogP contribution in [-0.4, -0.2) is 18.5 Å². The Hall–Kier alpha value is -2.27. The van der Waals surface area contributed by atoms with Gasteiger partial charge in [-0.3, -0.25) is 9.59 Å². The number of esters is 1. The van der Waals surface area contributed by atoms with E-state index in [0.29, 0.717) is 10.8 Å². The van der Waals surface area contributed by atoms with Crippen LogP contribution in [0, 0.1) is 0 Å². The van der Waals surface area contributed by atoms with Gasteiger partial charge >= 0.3 is 5.97 Å². The molecule has 2 aromatic rings. The normalized spacial score (nSPS) is 16.2. The zero-order valence-corrected chi connectivity index (χ0v) is 14.0. The highest BCUT2D eigenvalue weighted by Gasteiger charge is 2.52. The van der Waals surface area contributed by atoms with Crippen LogP contribution in [0.3, 0.4) is 0 Å². The highest BCUT2D eigenvalue weighted by atomic mass is 35.5. The molecule has 1 amide bonds. The van der Waals surface area contributed by atoms with E-state index in [4.69, 9.17) is 20.8 Å². The Morgan fingerprint density at radius 3 is 2.58 bits per heavy atom. The summed E-state index contributed by atoms with van der Waals surface area (Å²) in [6.45, 7) is 1.49. The summed E-state index contributed by atoms with van der Waals surface area (Å²) in [6.07, 6.45) is 2.98. The molecule has 24 heavy (non-hydrogen) atoms. The van der Waals surface area contributed by atoms with Crippen LogP contribution in [0.1, 0.15) is 37.1 Å². The van der Waals surface area contributed by atoms with E-state index in [1.807, 2.05) is 12.1 Å². The molecule has 0 aliphatic heterocycles. The average molecular weight is 348 g/mol. The smallest absolute Gasteiger partial charge is 0.317 e. The summed E-state index contributed by atoms with van der Waals surface area (Å²) in [6, 6.07) is 10.4. The third-order valence-electron chi connectivity index (χ3n) is 4.22. The van der Waals surface area contributed by atoms with Crippen LogP contribution >= 0.6 is 11.6 Å². The van der Waals surface area contributed by atoms with Crippen LogP contribution in [0.4, 0.5) is 0 Å². The summed E-state index contributed by atoms with van der Waals surface area (Å²) in [7, 11) is 0. The highest BCUT2D eigenvalue weighted by molar-refractivity contribution is 6.30. The Labute approximate surface area is 144 Å². The maximum Gasteiger partial charge on any atom is 0.317 e. The molecule has 0 saturated heterocycles. The van der Waals surface area contributed by atoms with Crippen molar-refractivity contribution in [2.75, 3.05) is 6.61 Å². The van der Waals surface area contributed by atoms with Gasteiger partial charge < -0.3 is 14.5 Å². The Bertz CT molecular complexity index is 720. The van der Waals surface area contributed by atoms with Gasteiger partial charge in [-0.05, 0) is 49.6 Å². The number of nitrogens with one attached hydrogen (secondary N) is 1. The first kappa shape index (κ1) is 16.6. The van der Waals surface area contributed by atoms with E-state index >= 15 is 0 Å². The molecule has 0 spiro atoms. The lowest BCUT2D eigenvalue weighted by atomic mass is 9.96. The summed E-state index contributed by atoms with van der Waals surface area (Å²) in [4.78, 5) is 24.3. The van der Waals surface area contributed by atoms with Gasteiger partial charge in [0.2, 0.25) is 0 Å². The number of furan rings is 1. The molecule has 1 fully saturated rings. The Morgan fingerprint density at radius 1 is 1.29 bits per heavy atom. The fourth-order valence-corrected chi connectivity index (χ4v) is 2.79. The van der Waals surface area contributed by atoms with E-state index < -0.39 is 5.41 Å². The third kappa shape index (κ3) is 3.46. The molecule has 1 saturated carbocycles. The molecule has 6 heteroatoms. The average Bonchev–Trinajstić information content (AvgIpc) is 3.19. The molecule has 1 aromatic carbocycles. The third-order valence-corrected chi connectivity index (χ3v) is 4.47. The van der Waals surface area contributed by atoms with Crippen LogP contribution in [0.2, 0.25) is 5.02 Å². The molecule has 1 atom stereocenters. The van der Waals surface area contributed by atoms with Crippen molar-refractivity contribution in [2.45, 2.75) is 31.2 Å². The van der Waals surface area contributed by atoms with Gasteiger partial charge in [-0.1, -0.05) is 23.7 Å². The summed E-state index contributed by atoms with van der Waals surface area (Å²) in [5.41, 5.74) is 0.249. The van der Waals surface area contributed by atoms with Crippen molar-refractivity contribution in [3.8, 4) is 0 Å². The molecular weight excluding hydrogens is 330 g/mol. The van der Waals surface area contributed by atoms with Crippen LogP contribution in [0.25, 0.3) is 0 Å². The quantitative estimate of drug-likeness (QED) is 0.813. The van der Waals surface area contributed by atoms with E-state index in [2.05, 4.69) is 5.32 Å². The topological polar surface area (TPSA) is 68.5 Å². The zero-order chi connectivity index (χ0) is 17.2. The number of rotatable bonds is 6. The number of halogens is 1. The molecule has 126 valence electrons. The number of benzene rings is 1. The zero-order valence-electron chi connectivity index (χ0n) is 13.3. The minimum atomic E-state index is -0.627. The van der Waals surface area contributed by atoms with Crippen molar-refractivity contribution in [3.05, 3.63) is 59.0 Å². The molecule has 0 radical (unpaired) electrons. The minimum Gasteiger partial charge on any atom is -0.467 e. The molecular formula is C18H18ClNO4. The monoisotopic (exact) mass is 347 g/mol. The van der Waals surface area contributed by atoms with E-state index in [1.165, 1.54) is 0 Å². The summed E-state index contributed by atoms with van der Waals surface area (Å²) in [5, 5.41) is 3.35. The number of ether oxygens (including phenoxy) is 1. The first-order valence-corrected chi connectivity index (χ1v) is 8.15. The largest absolute Gasteiger partial charge is 0.467 e. The molecule has 1 aliphatic rings. The number of hydrogen-bond acceptors (Lipinski definition) is 4. The van der Waals surface area contributed by atoms with E-state index in [0.717, 1.165) is 18.4 Å². The molecule has 5 nitrogen and oxygen atoms in total. The lowest BCUT2D eigenvalue weighted by Gasteiger charge is -2.16. The van der Waals surface area contributed by atoms with E-state index in [-0.39, 0.29) is 24.5 Å². The molecule has 1 heterocycles. The van der Waals surface area contributed by atoms with Gasteiger partial charge in [0.05, 0.1) is 17.7 Å². The lowest BCUT2D eigenvalue weighted by Crippen LogP contribution is -2.33. The van der Waals surface area contributed by atoms with Gasteiger partial charge in [0.25, 0.3) is 5.91 Å². The molecule has 1 aromatic heterocycles. The van der Waals surface area contributed by atoms with Crippen LogP contribution < -0.4 is 5.32 Å². The Morgan fingerprint density at radius 2 is 2.00 bits per heavy atom. The lowest BCUT2D eigenvalue weighted by molar-refractivity contribution is -0.151. The fourth-order valence-electron chi connectivity index (χ4n) is 2.67. The Kier molecular flexibility index (Phi) is 4.62. The fraction of sp³-hybridized carbons (Fsp3) is 0.333. The standard InChI is InChI=1S/C18H18ClNO4/c1-12(15-3-2-10-23-15)20-16(21)11-24-17(22)18(8-9-18)13-4-6-14(19)7-5-13/h2-7,10,12H,8-9,11H2,1H3,(H,20,21)/t12-/m1/s1. The van der Waals surface area contributed by atoms with Crippen molar-refractivity contribution in [2.24, 2.45) is 0 Å². The second-order valence-electron chi connectivity index (χ2n) is 5.97. The van der Waals surface area contributed by atoms with Crippen molar-refractivity contribution in [1.82, 2.24) is 5.32 Å². The van der Waals surface area contributed by atoms with Gasteiger partial charge in [0.1, 0.15) is 5.76 Å². The maximum atomic E-state index is 12.4. The molecule has 0 bridgehead atoms. The van der Waals surface area contributed by atoms with Gasteiger partial charge in [0.15, 0.2) is 6.61 Å². The predicted molar refractivity (Wildman–Crippen MR) is 88.6 cm³/mol. The van der Waals surface area contributed by atoms with E-state index in [1.54, 1.807) is 37.5 Å². The van der Waals surface area contributed by atoms with Gasteiger partial charge in [-0.2, -0.15) is 0 Å². The predicted octanol–water partition coefficient (Wildman–Crippen LogP) is 3.39. The van der Waals surface area contributed by atoms with Crippen molar-refractivity contribution >= 4 is 23.5 Å². The summed E-state index contributed by atoms with van der Waals surface area (Å²) >= 11 is 5.88. The summed E-state index contributed by atoms with van der Waals surface area (Å²) < 4.78 is 10.4. The van der Waals surface area contributed by atoms with Gasteiger partial charge in [0, 0.05) is 5.02 Å². The maximum absolute atomic E-state index is 12.4. The first-order valence-electron chi connectivity index (χ1n) is 7.77. The molecule has 1 N–H and O–H groups in total. The minimum absolute atomic E-state index is 0.280. The summed E-state index contributed by atoms with van der Waals surface area (Å²) in [5.74, 6) is -0.0840.